The van der Waals surface area contributed by atoms with Gasteiger partial charge < -0.3 is 4.90 Å². The molecule has 2 rings (SSSR count). The highest BCUT2D eigenvalue weighted by Gasteiger charge is 2.13. The summed E-state index contributed by atoms with van der Waals surface area (Å²) in [6, 6.07) is 5.28. The van der Waals surface area contributed by atoms with Crippen LogP contribution in [0.25, 0.3) is 0 Å². The van der Waals surface area contributed by atoms with Crippen molar-refractivity contribution in [3.63, 3.8) is 0 Å². The number of aromatic amines is 1. The predicted molar refractivity (Wildman–Crippen MR) is 80.0 cm³/mol. The van der Waals surface area contributed by atoms with E-state index in [1.54, 1.807) is 36.3 Å². The fraction of sp³-hybridized carbons (Fsp3) is 0.286. The third kappa shape index (κ3) is 3.74. The second-order valence-electron chi connectivity index (χ2n) is 4.72. The molecule has 1 aromatic heterocycles. The summed E-state index contributed by atoms with van der Waals surface area (Å²) in [6.07, 6.45) is 2.00. The molecule has 106 valence electrons. The van der Waals surface area contributed by atoms with Crippen LogP contribution in [0.15, 0.2) is 24.4 Å². The highest BCUT2D eigenvalue weighted by Crippen LogP contribution is 2.20. The number of aromatic nitrogens is 2. The summed E-state index contributed by atoms with van der Waals surface area (Å²) in [6.45, 7) is 2.36. The van der Waals surface area contributed by atoms with Gasteiger partial charge in [0.15, 0.2) is 0 Å². The van der Waals surface area contributed by atoms with Crippen molar-refractivity contribution in [1.82, 2.24) is 15.1 Å². The van der Waals surface area contributed by atoms with Crippen molar-refractivity contribution in [1.29, 1.82) is 0 Å². The molecule has 1 amide bonds. The molecule has 1 heterocycles. The smallest absolute Gasteiger partial charge is 0.227 e. The van der Waals surface area contributed by atoms with E-state index in [2.05, 4.69) is 10.2 Å². The van der Waals surface area contributed by atoms with Crippen LogP contribution in [0.5, 0.6) is 0 Å². The van der Waals surface area contributed by atoms with Gasteiger partial charge in [0, 0.05) is 34.9 Å². The van der Waals surface area contributed by atoms with Crippen LogP contribution in [0.4, 0.5) is 0 Å². The normalized spacial score (nSPS) is 10.6. The number of nitrogens with zero attached hydrogens (tertiary/aromatic N) is 2. The third-order valence-electron chi connectivity index (χ3n) is 3.04. The molecule has 0 bridgehead atoms. The second kappa shape index (κ2) is 6.29. The molecule has 1 N–H and O–H groups in total. The summed E-state index contributed by atoms with van der Waals surface area (Å²) in [5.74, 6) is 0.0191. The van der Waals surface area contributed by atoms with Gasteiger partial charge in [-0.05, 0) is 30.7 Å². The Bertz CT molecular complexity index is 604. The van der Waals surface area contributed by atoms with Crippen LogP contribution in [0, 0.1) is 6.92 Å². The molecule has 1 aromatic carbocycles. The molecular formula is C14H15Cl2N3O. The number of amides is 1. The fourth-order valence-corrected chi connectivity index (χ4v) is 2.49. The summed E-state index contributed by atoms with van der Waals surface area (Å²) in [5, 5.41) is 7.87. The van der Waals surface area contributed by atoms with Gasteiger partial charge in [-0.2, -0.15) is 5.10 Å². The van der Waals surface area contributed by atoms with Crippen LogP contribution in [0.1, 0.15) is 16.8 Å². The Kier molecular flexibility index (Phi) is 4.68. The molecule has 2 aromatic rings. The van der Waals surface area contributed by atoms with E-state index in [0.717, 1.165) is 16.8 Å². The average molecular weight is 312 g/mol. The van der Waals surface area contributed by atoms with Crippen LogP contribution in [-0.4, -0.2) is 28.1 Å². The molecule has 0 spiro atoms. The van der Waals surface area contributed by atoms with Crippen molar-refractivity contribution in [2.75, 3.05) is 7.05 Å². The maximum absolute atomic E-state index is 12.2. The molecule has 0 unspecified atom stereocenters. The third-order valence-corrected chi connectivity index (χ3v) is 3.48. The maximum Gasteiger partial charge on any atom is 0.227 e. The lowest BCUT2D eigenvalue weighted by atomic mass is 10.1. The summed E-state index contributed by atoms with van der Waals surface area (Å²) in [7, 11) is 1.76. The molecule has 0 aliphatic carbocycles. The zero-order valence-electron chi connectivity index (χ0n) is 11.3. The van der Waals surface area contributed by atoms with Crippen molar-refractivity contribution >= 4 is 29.1 Å². The predicted octanol–water partition coefficient (Wildman–Crippen LogP) is 3.23. The lowest BCUT2D eigenvalue weighted by Crippen LogP contribution is -2.27. The van der Waals surface area contributed by atoms with Crippen molar-refractivity contribution in [2.45, 2.75) is 19.9 Å². The highest BCUT2D eigenvalue weighted by molar-refractivity contribution is 6.34. The van der Waals surface area contributed by atoms with E-state index in [-0.39, 0.29) is 5.91 Å². The minimum absolute atomic E-state index is 0.0191. The van der Waals surface area contributed by atoms with Crippen LogP contribution < -0.4 is 0 Å². The molecule has 0 saturated carbocycles. The molecule has 0 radical (unpaired) electrons. The maximum atomic E-state index is 12.2. The minimum atomic E-state index is 0.0191. The van der Waals surface area contributed by atoms with Gasteiger partial charge in [0.1, 0.15) is 0 Å². The summed E-state index contributed by atoms with van der Waals surface area (Å²) in [4.78, 5) is 13.8. The SMILES string of the molecule is Cc1[nH]ncc1CC(=O)N(C)Cc1cc(Cl)cc(Cl)c1. The Balaban J connectivity index is 2.02. The van der Waals surface area contributed by atoms with E-state index < -0.39 is 0 Å². The Hall–Kier alpha value is -1.52. The Labute approximate surface area is 127 Å². The summed E-state index contributed by atoms with van der Waals surface area (Å²) >= 11 is 11.9. The lowest BCUT2D eigenvalue weighted by molar-refractivity contribution is -0.129. The number of H-pyrrole nitrogens is 1. The first-order valence-electron chi connectivity index (χ1n) is 6.13. The lowest BCUT2D eigenvalue weighted by Gasteiger charge is -2.17. The van der Waals surface area contributed by atoms with Crippen molar-refractivity contribution < 1.29 is 4.79 Å². The number of nitrogens with one attached hydrogen (secondary N) is 1. The molecule has 0 aliphatic rings. The first-order chi connectivity index (χ1) is 9.45. The van der Waals surface area contributed by atoms with E-state index in [4.69, 9.17) is 23.2 Å². The Morgan fingerprint density at radius 3 is 2.50 bits per heavy atom. The largest absolute Gasteiger partial charge is 0.341 e. The standard InChI is InChI=1S/C14H15Cl2N3O/c1-9-11(7-17-18-9)5-14(20)19(2)8-10-3-12(15)6-13(16)4-10/h3-4,6-7H,5,8H2,1-2H3,(H,17,18). The second-order valence-corrected chi connectivity index (χ2v) is 5.60. The van der Waals surface area contributed by atoms with Gasteiger partial charge in [0.05, 0.1) is 12.6 Å². The number of aryl methyl sites for hydroxylation is 1. The van der Waals surface area contributed by atoms with E-state index in [0.29, 0.717) is 23.0 Å². The molecule has 0 atom stereocenters. The van der Waals surface area contributed by atoms with Gasteiger partial charge in [-0.3, -0.25) is 9.89 Å². The van der Waals surface area contributed by atoms with Crippen LogP contribution in [0.3, 0.4) is 0 Å². The van der Waals surface area contributed by atoms with Crippen LogP contribution in [-0.2, 0) is 17.8 Å². The number of hydrogen-bond acceptors (Lipinski definition) is 2. The molecule has 0 saturated heterocycles. The van der Waals surface area contributed by atoms with Crippen LogP contribution >= 0.6 is 23.2 Å². The number of carbonyl (C=O) groups is 1. The topological polar surface area (TPSA) is 49.0 Å². The molecule has 0 aliphatic heterocycles. The Morgan fingerprint density at radius 1 is 1.30 bits per heavy atom. The van der Waals surface area contributed by atoms with Crippen molar-refractivity contribution in [3.8, 4) is 0 Å². The molecule has 20 heavy (non-hydrogen) atoms. The first-order valence-corrected chi connectivity index (χ1v) is 6.89. The van der Waals surface area contributed by atoms with Gasteiger partial charge in [-0.25, -0.2) is 0 Å². The highest BCUT2D eigenvalue weighted by atomic mass is 35.5. The van der Waals surface area contributed by atoms with E-state index in [1.165, 1.54) is 0 Å². The fourth-order valence-electron chi connectivity index (χ4n) is 1.92. The summed E-state index contributed by atoms with van der Waals surface area (Å²) in [5.41, 5.74) is 2.73. The monoisotopic (exact) mass is 311 g/mol. The van der Waals surface area contributed by atoms with Gasteiger partial charge in [-0.1, -0.05) is 23.2 Å². The van der Waals surface area contributed by atoms with Gasteiger partial charge in [0.25, 0.3) is 0 Å². The number of carbonyl (C=O) groups excluding carboxylic acids is 1. The van der Waals surface area contributed by atoms with E-state index in [1.807, 2.05) is 6.92 Å². The zero-order chi connectivity index (χ0) is 14.7. The van der Waals surface area contributed by atoms with Gasteiger partial charge in [-0.15, -0.1) is 0 Å². The van der Waals surface area contributed by atoms with E-state index >= 15 is 0 Å². The number of halogens is 2. The van der Waals surface area contributed by atoms with Gasteiger partial charge >= 0.3 is 0 Å². The first kappa shape index (κ1) is 14.9. The average Bonchev–Trinajstić information content (AvgIpc) is 2.73. The molecule has 4 nitrogen and oxygen atoms in total. The molecular weight excluding hydrogens is 297 g/mol. The van der Waals surface area contributed by atoms with Crippen molar-refractivity contribution in [3.05, 3.63) is 51.3 Å². The minimum Gasteiger partial charge on any atom is -0.341 e. The number of likely N-dealkylation sites (N-methyl/N-ethyl adjacent to an activating group) is 1. The quantitative estimate of drug-likeness (QED) is 0.942. The number of hydrogen-bond donors (Lipinski definition) is 1. The van der Waals surface area contributed by atoms with Gasteiger partial charge in [0.2, 0.25) is 5.91 Å². The van der Waals surface area contributed by atoms with E-state index in [9.17, 15) is 4.79 Å². The number of benzene rings is 1. The van der Waals surface area contributed by atoms with Crippen LogP contribution in [0.2, 0.25) is 10.0 Å². The molecule has 6 heteroatoms. The zero-order valence-corrected chi connectivity index (χ0v) is 12.8. The summed E-state index contributed by atoms with van der Waals surface area (Å²) < 4.78 is 0. The number of rotatable bonds is 4. The molecule has 0 fully saturated rings. The Morgan fingerprint density at radius 2 is 1.95 bits per heavy atom. The van der Waals surface area contributed by atoms with Crippen molar-refractivity contribution in [2.24, 2.45) is 0 Å².